The average molecular weight is 624 g/mol. The van der Waals surface area contributed by atoms with Crippen LogP contribution in [0.5, 0.6) is 0 Å². The van der Waals surface area contributed by atoms with Gasteiger partial charge in [-0.2, -0.15) is 0 Å². The number of anilines is 1. The van der Waals surface area contributed by atoms with Gasteiger partial charge in [0.25, 0.3) is 10.0 Å². The lowest BCUT2D eigenvalue weighted by molar-refractivity contribution is -0.140. The molecule has 0 spiro atoms. The summed E-state index contributed by atoms with van der Waals surface area (Å²) in [6.45, 7) is 7.20. The minimum atomic E-state index is -4.13. The largest absolute Gasteiger partial charge is 0.352 e. The molecule has 1 aliphatic carbocycles. The number of halogens is 1. The highest BCUT2D eigenvalue weighted by molar-refractivity contribution is 7.92. The molecule has 1 aliphatic rings. The van der Waals surface area contributed by atoms with Gasteiger partial charge in [-0.25, -0.2) is 8.42 Å². The van der Waals surface area contributed by atoms with Crippen LogP contribution in [-0.4, -0.2) is 43.8 Å². The van der Waals surface area contributed by atoms with E-state index in [0.29, 0.717) is 22.7 Å². The van der Waals surface area contributed by atoms with Crippen molar-refractivity contribution in [3.05, 3.63) is 94.0 Å². The van der Waals surface area contributed by atoms with E-state index >= 15 is 0 Å². The molecule has 0 saturated heterocycles. The molecule has 1 unspecified atom stereocenters. The van der Waals surface area contributed by atoms with Crippen LogP contribution in [0.2, 0.25) is 5.02 Å². The van der Waals surface area contributed by atoms with Crippen molar-refractivity contribution in [3.8, 4) is 0 Å². The van der Waals surface area contributed by atoms with Crippen molar-refractivity contribution in [2.75, 3.05) is 10.8 Å². The number of benzene rings is 3. The van der Waals surface area contributed by atoms with E-state index in [0.717, 1.165) is 53.1 Å². The maximum atomic E-state index is 14.3. The third-order valence-electron chi connectivity index (χ3n) is 8.30. The molecule has 1 atom stereocenters. The van der Waals surface area contributed by atoms with E-state index in [2.05, 4.69) is 5.32 Å². The molecular weight excluding hydrogens is 582 g/mol. The second-order valence-electron chi connectivity index (χ2n) is 11.5. The minimum absolute atomic E-state index is 0.0699. The van der Waals surface area contributed by atoms with Crippen LogP contribution in [0.1, 0.15) is 67.7 Å². The van der Waals surface area contributed by atoms with Gasteiger partial charge in [0.2, 0.25) is 11.8 Å². The van der Waals surface area contributed by atoms with Gasteiger partial charge in [-0.1, -0.05) is 79.7 Å². The van der Waals surface area contributed by atoms with Gasteiger partial charge in [0, 0.05) is 17.6 Å². The van der Waals surface area contributed by atoms with Crippen molar-refractivity contribution in [1.29, 1.82) is 0 Å². The van der Waals surface area contributed by atoms with E-state index in [-0.39, 0.29) is 23.4 Å². The first-order valence-corrected chi connectivity index (χ1v) is 16.8. The van der Waals surface area contributed by atoms with Crippen LogP contribution in [0, 0.1) is 20.8 Å². The zero-order valence-electron chi connectivity index (χ0n) is 25.5. The Kier molecular flexibility index (Phi) is 10.9. The van der Waals surface area contributed by atoms with Gasteiger partial charge >= 0.3 is 0 Å². The number of nitrogens with zero attached hydrogens (tertiary/aromatic N) is 2. The molecule has 7 nitrogen and oxygen atoms in total. The van der Waals surface area contributed by atoms with Crippen molar-refractivity contribution >= 4 is 39.1 Å². The Morgan fingerprint density at radius 1 is 0.930 bits per heavy atom. The van der Waals surface area contributed by atoms with E-state index in [1.54, 1.807) is 48.5 Å². The number of carbonyl (C=O) groups excluding carboxylic acids is 2. The summed E-state index contributed by atoms with van der Waals surface area (Å²) in [5, 5.41) is 3.64. The van der Waals surface area contributed by atoms with Crippen LogP contribution in [0.15, 0.2) is 71.6 Å². The first kappa shape index (κ1) is 32.6. The number of hydrogen-bond acceptors (Lipinski definition) is 4. The van der Waals surface area contributed by atoms with Gasteiger partial charge in [0.1, 0.15) is 12.6 Å². The molecule has 1 saturated carbocycles. The summed E-state index contributed by atoms with van der Waals surface area (Å²) >= 11 is 6.51. The number of sulfonamides is 1. The van der Waals surface area contributed by atoms with E-state index < -0.39 is 28.5 Å². The summed E-state index contributed by atoms with van der Waals surface area (Å²) in [5.41, 5.74) is 3.90. The fourth-order valence-corrected chi connectivity index (χ4v) is 7.12. The van der Waals surface area contributed by atoms with E-state index in [1.807, 2.05) is 45.9 Å². The molecule has 43 heavy (non-hydrogen) atoms. The Hall–Kier alpha value is -3.36. The van der Waals surface area contributed by atoms with Crippen LogP contribution in [0.4, 0.5) is 5.69 Å². The molecule has 0 heterocycles. The van der Waals surface area contributed by atoms with Gasteiger partial charge < -0.3 is 10.2 Å². The van der Waals surface area contributed by atoms with Gasteiger partial charge in [-0.15, -0.1) is 0 Å². The van der Waals surface area contributed by atoms with Crippen molar-refractivity contribution in [1.82, 2.24) is 10.2 Å². The Morgan fingerprint density at radius 2 is 1.60 bits per heavy atom. The van der Waals surface area contributed by atoms with E-state index in [1.165, 1.54) is 4.90 Å². The quantitative estimate of drug-likeness (QED) is 0.257. The number of amides is 2. The molecule has 0 aromatic heterocycles. The first-order valence-electron chi connectivity index (χ1n) is 15.0. The summed E-state index contributed by atoms with van der Waals surface area (Å²) in [6, 6.07) is 18.4. The average Bonchev–Trinajstić information content (AvgIpc) is 2.98. The lowest BCUT2D eigenvalue weighted by atomic mass is 9.95. The van der Waals surface area contributed by atoms with Gasteiger partial charge in [0.05, 0.1) is 10.6 Å². The Labute approximate surface area is 261 Å². The lowest BCUT2D eigenvalue weighted by Crippen LogP contribution is -2.54. The SMILES string of the molecule is CCC(C(=O)NC1CCCCC1)N(Cc1ccccc1Cl)C(=O)CN(c1ccc(C)c(C)c1)S(=O)(=O)c1ccc(C)cc1. The molecule has 230 valence electrons. The van der Waals surface area contributed by atoms with Gasteiger partial charge in [0.15, 0.2) is 0 Å². The zero-order valence-corrected chi connectivity index (χ0v) is 27.0. The van der Waals surface area contributed by atoms with Gasteiger partial charge in [-0.05, 0) is 87.1 Å². The molecule has 3 aromatic rings. The van der Waals surface area contributed by atoms with Crippen molar-refractivity contribution in [2.45, 2.75) is 89.7 Å². The van der Waals surface area contributed by atoms with Crippen LogP contribution >= 0.6 is 11.6 Å². The van der Waals surface area contributed by atoms with Crippen LogP contribution in [-0.2, 0) is 26.2 Å². The lowest BCUT2D eigenvalue weighted by Gasteiger charge is -2.34. The van der Waals surface area contributed by atoms with Crippen molar-refractivity contribution < 1.29 is 18.0 Å². The van der Waals surface area contributed by atoms with Crippen molar-refractivity contribution in [2.24, 2.45) is 0 Å². The molecule has 1 N–H and O–H groups in total. The molecule has 0 bridgehead atoms. The molecular formula is C34H42ClN3O4S. The number of rotatable bonds is 11. The molecule has 3 aromatic carbocycles. The van der Waals surface area contributed by atoms with Gasteiger partial charge in [-0.3, -0.25) is 13.9 Å². The number of hydrogen-bond donors (Lipinski definition) is 1. The minimum Gasteiger partial charge on any atom is -0.352 e. The third kappa shape index (κ3) is 7.98. The summed E-state index contributed by atoms with van der Waals surface area (Å²) < 4.78 is 29.4. The standard InChI is InChI=1S/C34H42ClN3O4S/c1-5-32(34(40)36-28-12-7-6-8-13-28)37(22-27-11-9-10-14-31(27)35)33(39)23-38(29-18-17-25(3)26(4)21-29)43(41,42)30-19-15-24(2)16-20-30/h9-11,14-21,28,32H,5-8,12-13,22-23H2,1-4H3,(H,36,40). The molecule has 1 fully saturated rings. The Bertz CT molecular complexity index is 1540. The fourth-order valence-electron chi connectivity index (χ4n) is 5.52. The van der Waals surface area contributed by atoms with Crippen LogP contribution < -0.4 is 9.62 Å². The molecule has 0 aliphatic heterocycles. The summed E-state index contributed by atoms with van der Waals surface area (Å²) in [4.78, 5) is 29.6. The molecule has 0 radical (unpaired) electrons. The summed E-state index contributed by atoms with van der Waals surface area (Å²) in [7, 11) is -4.13. The van der Waals surface area contributed by atoms with E-state index in [9.17, 15) is 18.0 Å². The topological polar surface area (TPSA) is 86.8 Å². The van der Waals surface area contributed by atoms with Crippen LogP contribution in [0.25, 0.3) is 0 Å². The predicted octanol–water partition coefficient (Wildman–Crippen LogP) is 6.72. The Morgan fingerprint density at radius 3 is 2.23 bits per heavy atom. The molecule has 9 heteroatoms. The zero-order chi connectivity index (χ0) is 31.1. The van der Waals surface area contributed by atoms with E-state index in [4.69, 9.17) is 11.6 Å². The predicted molar refractivity (Wildman–Crippen MR) is 173 cm³/mol. The second-order valence-corrected chi connectivity index (χ2v) is 13.7. The van der Waals surface area contributed by atoms with Crippen molar-refractivity contribution in [3.63, 3.8) is 0 Å². The second kappa shape index (κ2) is 14.4. The molecule has 4 rings (SSSR count). The number of carbonyl (C=O) groups is 2. The first-order chi connectivity index (χ1) is 20.5. The monoisotopic (exact) mass is 623 g/mol. The maximum absolute atomic E-state index is 14.3. The summed E-state index contributed by atoms with van der Waals surface area (Å²) in [5.74, 6) is -0.714. The number of nitrogens with one attached hydrogen (secondary N) is 1. The molecule has 2 amide bonds. The maximum Gasteiger partial charge on any atom is 0.264 e. The highest BCUT2D eigenvalue weighted by Gasteiger charge is 2.34. The normalized spacial score (nSPS) is 14.6. The summed E-state index contributed by atoms with van der Waals surface area (Å²) in [6.07, 6.45) is 5.47. The van der Waals surface area contributed by atoms with Crippen LogP contribution in [0.3, 0.4) is 0 Å². The fraction of sp³-hybridized carbons (Fsp3) is 0.412. The Balaban J connectivity index is 1.73. The third-order valence-corrected chi connectivity index (χ3v) is 10.5. The number of aryl methyl sites for hydroxylation is 3. The highest BCUT2D eigenvalue weighted by atomic mass is 35.5. The highest BCUT2D eigenvalue weighted by Crippen LogP contribution is 2.28. The smallest absolute Gasteiger partial charge is 0.264 e.